The number of H-pyrrole nitrogens is 1. The van der Waals surface area contributed by atoms with E-state index in [0.29, 0.717) is 11.0 Å². The number of aromatic amines is 1. The minimum absolute atomic E-state index is 0.0133. The third-order valence-electron chi connectivity index (χ3n) is 3.13. The molecular formula is C15H19N5O2S. The van der Waals surface area contributed by atoms with Crippen LogP contribution in [0.5, 0.6) is 0 Å². The zero-order chi connectivity index (χ0) is 17.0. The van der Waals surface area contributed by atoms with Crippen LogP contribution in [0.25, 0.3) is 11.4 Å². The highest BCUT2D eigenvalue weighted by Gasteiger charge is 2.26. The van der Waals surface area contributed by atoms with Crippen LogP contribution in [-0.4, -0.2) is 32.4 Å². The molecule has 8 heteroatoms. The molecule has 0 bridgehead atoms. The summed E-state index contributed by atoms with van der Waals surface area (Å²) in [6.45, 7) is 5.77. The van der Waals surface area contributed by atoms with Crippen molar-refractivity contribution < 1.29 is 9.59 Å². The summed E-state index contributed by atoms with van der Waals surface area (Å²) in [5.74, 6) is 0.171. The molecule has 0 aliphatic carbocycles. The zero-order valence-electron chi connectivity index (χ0n) is 13.2. The molecule has 4 N–H and O–H groups in total. The van der Waals surface area contributed by atoms with Gasteiger partial charge in [-0.3, -0.25) is 15.2 Å². The first-order valence-corrected chi connectivity index (χ1v) is 8.01. The second-order valence-electron chi connectivity index (χ2n) is 5.47. The molecular weight excluding hydrogens is 314 g/mol. The normalized spacial score (nSPS) is 12.2. The number of nitrogens with one attached hydrogen (secondary N) is 2. The first-order valence-electron chi connectivity index (χ1n) is 7.13. The first-order chi connectivity index (χ1) is 10.9. The van der Waals surface area contributed by atoms with E-state index in [0.717, 1.165) is 11.1 Å². The van der Waals surface area contributed by atoms with Gasteiger partial charge in [0.1, 0.15) is 0 Å². The lowest BCUT2D eigenvalue weighted by atomic mass is 10.1. The Balaban J connectivity index is 2.14. The van der Waals surface area contributed by atoms with Crippen molar-refractivity contribution in [3.63, 3.8) is 0 Å². The van der Waals surface area contributed by atoms with E-state index in [-0.39, 0.29) is 5.92 Å². The molecule has 1 heterocycles. The number of primary amides is 1. The predicted molar refractivity (Wildman–Crippen MR) is 88.8 cm³/mol. The molecule has 3 amide bonds. The molecule has 0 aliphatic rings. The van der Waals surface area contributed by atoms with Crippen molar-refractivity contribution >= 4 is 23.7 Å². The number of carbonyl (C=O) groups excluding carboxylic acids is 2. The highest BCUT2D eigenvalue weighted by molar-refractivity contribution is 8.00. The molecule has 0 spiro atoms. The highest BCUT2D eigenvalue weighted by Crippen LogP contribution is 2.27. The van der Waals surface area contributed by atoms with Gasteiger partial charge in [0.25, 0.3) is 0 Å². The molecule has 1 aromatic carbocycles. The van der Waals surface area contributed by atoms with Crippen LogP contribution in [-0.2, 0) is 4.79 Å². The van der Waals surface area contributed by atoms with Gasteiger partial charge in [-0.2, -0.15) is 0 Å². The number of aryl methyl sites for hydroxylation is 1. The van der Waals surface area contributed by atoms with Gasteiger partial charge in [-0.15, -0.1) is 5.10 Å². The van der Waals surface area contributed by atoms with Crippen LogP contribution >= 0.6 is 11.8 Å². The number of rotatable bonds is 5. The van der Waals surface area contributed by atoms with Gasteiger partial charge in [0, 0.05) is 5.56 Å². The summed E-state index contributed by atoms with van der Waals surface area (Å²) >= 11 is 1.19. The van der Waals surface area contributed by atoms with Crippen molar-refractivity contribution in [2.45, 2.75) is 31.2 Å². The number of hydrogen-bond donors (Lipinski definition) is 3. The first kappa shape index (κ1) is 17.0. The quantitative estimate of drug-likeness (QED) is 0.725. The van der Waals surface area contributed by atoms with Crippen molar-refractivity contribution in [2.24, 2.45) is 11.7 Å². The van der Waals surface area contributed by atoms with E-state index >= 15 is 0 Å². The molecule has 0 saturated heterocycles. The fourth-order valence-corrected chi connectivity index (χ4v) is 2.85. The molecule has 7 nitrogen and oxygen atoms in total. The summed E-state index contributed by atoms with van der Waals surface area (Å²) in [5, 5.41) is 9.03. The summed E-state index contributed by atoms with van der Waals surface area (Å²) in [7, 11) is 0. The fraction of sp³-hybridized carbons (Fsp3) is 0.333. The molecule has 23 heavy (non-hydrogen) atoms. The summed E-state index contributed by atoms with van der Waals surface area (Å²) in [5.41, 5.74) is 7.07. The van der Waals surface area contributed by atoms with E-state index in [2.05, 4.69) is 20.5 Å². The van der Waals surface area contributed by atoms with Crippen LogP contribution in [0, 0.1) is 12.8 Å². The van der Waals surface area contributed by atoms with Gasteiger partial charge in [0.15, 0.2) is 5.82 Å². The maximum atomic E-state index is 12.0. The van der Waals surface area contributed by atoms with E-state index in [1.807, 2.05) is 45.0 Å². The Morgan fingerprint density at radius 1 is 1.26 bits per heavy atom. The van der Waals surface area contributed by atoms with E-state index in [1.165, 1.54) is 11.8 Å². The van der Waals surface area contributed by atoms with Gasteiger partial charge >= 0.3 is 6.03 Å². The number of imide groups is 1. The second kappa shape index (κ2) is 7.28. The number of carbonyl (C=O) groups is 2. The van der Waals surface area contributed by atoms with Crippen LogP contribution < -0.4 is 11.1 Å². The third kappa shape index (κ3) is 4.56. The molecule has 122 valence electrons. The number of thioether (sulfide) groups is 1. The van der Waals surface area contributed by atoms with E-state index in [1.54, 1.807) is 0 Å². The highest BCUT2D eigenvalue weighted by atomic mass is 32.2. The van der Waals surface area contributed by atoms with Gasteiger partial charge in [0.2, 0.25) is 11.1 Å². The second-order valence-corrected chi connectivity index (χ2v) is 6.58. The maximum Gasteiger partial charge on any atom is 0.318 e. The smallest absolute Gasteiger partial charge is 0.318 e. The Kier molecular flexibility index (Phi) is 5.38. The number of amides is 3. The summed E-state index contributed by atoms with van der Waals surface area (Å²) in [4.78, 5) is 27.3. The molecule has 0 saturated carbocycles. The van der Waals surface area contributed by atoms with Gasteiger partial charge in [-0.1, -0.05) is 55.4 Å². The number of aromatic nitrogens is 3. The SMILES string of the molecule is Cc1ccc(-c2nc(SC(C(=O)NC(N)=O)C(C)C)n[nH]2)cc1. The van der Waals surface area contributed by atoms with Crippen molar-refractivity contribution in [3.8, 4) is 11.4 Å². The molecule has 2 aromatic rings. The van der Waals surface area contributed by atoms with Crippen molar-refractivity contribution in [3.05, 3.63) is 29.8 Å². The van der Waals surface area contributed by atoms with E-state index in [4.69, 9.17) is 5.73 Å². The molecule has 1 unspecified atom stereocenters. The molecule has 0 aliphatic heterocycles. The van der Waals surface area contributed by atoms with Gasteiger partial charge in [-0.25, -0.2) is 9.78 Å². The lowest BCUT2D eigenvalue weighted by Gasteiger charge is -2.16. The van der Waals surface area contributed by atoms with Crippen molar-refractivity contribution in [1.29, 1.82) is 0 Å². The molecule has 0 radical (unpaired) electrons. The number of benzene rings is 1. The Hall–Kier alpha value is -2.35. The summed E-state index contributed by atoms with van der Waals surface area (Å²) in [6.07, 6.45) is 0. The molecule has 1 aromatic heterocycles. The average molecular weight is 333 g/mol. The summed E-state index contributed by atoms with van der Waals surface area (Å²) in [6, 6.07) is 7.01. The van der Waals surface area contributed by atoms with Crippen LogP contribution in [0.15, 0.2) is 29.4 Å². The Bertz CT molecular complexity index is 696. The van der Waals surface area contributed by atoms with Crippen LogP contribution in [0.3, 0.4) is 0 Å². The summed E-state index contributed by atoms with van der Waals surface area (Å²) < 4.78 is 0. The Morgan fingerprint density at radius 3 is 2.48 bits per heavy atom. The fourth-order valence-electron chi connectivity index (χ4n) is 1.94. The standard InChI is InChI=1S/C15H19N5O2S/c1-8(2)11(13(21)18-14(16)22)23-15-17-12(19-20-15)10-6-4-9(3)5-7-10/h4-8,11H,1-3H3,(H,17,19,20)(H3,16,18,21,22). The average Bonchev–Trinajstić information content (AvgIpc) is 2.93. The van der Waals surface area contributed by atoms with Gasteiger partial charge in [0.05, 0.1) is 5.25 Å². The van der Waals surface area contributed by atoms with Gasteiger partial charge < -0.3 is 5.73 Å². The van der Waals surface area contributed by atoms with Gasteiger partial charge in [-0.05, 0) is 12.8 Å². The number of nitrogens with two attached hydrogens (primary N) is 1. The number of hydrogen-bond acceptors (Lipinski definition) is 5. The number of urea groups is 1. The zero-order valence-corrected chi connectivity index (χ0v) is 14.0. The Morgan fingerprint density at radius 2 is 1.91 bits per heavy atom. The van der Waals surface area contributed by atoms with Crippen LogP contribution in [0.4, 0.5) is 4.79 Å². The monoisotopic (exact) mass is 333 g/mol. The van der Waals surface area contributed by atoms with Crippen molar-refractivity contribution in [2.75, 3.05) is 0 Å². The molecule has 1 atom stereocenters. The largest absolute Gasteiger partial charge is 0.351 e. The van der Waals surface area contributed by atoms with E-state index < -0.39 is 17.2 Å². The Labute approximate surface area is 138 Å². The molecule has 0 fully saturated rings. The van der Waals surface area contributed by atoms with E-state index in [9.17, 15) is 9.59 Å². The van der Waals surface area contributed by atoms with Crippen molar-refractivity contribution in [1.82, 2.24) is 20.5 Å². The molecule has 2 rings (SSSR count). The minimum atomic E-state index is -0.864. The lowest BCUT2D eigenvalue weighted by molar-refractivity contribution is -0.120. The predicted octanol–water partition coefficient (Wildman–Crippen LogP) is 2.09. The maximum absolute atomic E-state index is 12.0. The van der Waals surface area contributed by atoms with Crippen LogP contribution in [0.2, 0.25) is 0 Å². The lowest BCUT2D eigenvalue weighted by Crippen LogP contribution is -2.42. The third-order valence-corrected chi connectivity index (χ3v) is 4.54. The van der Waals surface area contributed by atoms with Crippen LogP contribution in [0.1, 0.15) is 19.4 Å². The number of nitrogens with zero attached hydrogens (tertiary/aromatic N) is 2. The topological polar surface area (TPSA) is 114 Å². The minimum Gasteiger partial charge on any atom is -0.351 e.